The molecule has 3 amide bonds. The number of benzene rings is 2. The third kappa shape index (κ3) is 7.57. The first-order valence-electron chi connectivity index (χ1n) is 9.10. The normalized spacial score (nSPS) is 12.7. The molecule has 2 unspecified atom stereocenters. The number of carbonyl (C=O) groups is 3. The summed E-state index contributed by atoms with van der Waals surface area (Å²) in [6.45, 7) is 3.31. The minimum atomic E-state index is -0.585. The van der Waals surface area contributed by atoms with Crippen molar-refractivity contribution in [1.82, 2.24) is 5.32 Å². The van der Waals surface area contributed by atoms with Crippen LogP contribution in [0.1, 0.15) is 19.4 Å². The van der Waals surface area contributed by atoms with Gasteiger partial charge in [-0.05, 0) is 55.3 Å². The third-order valence-corrected chi connectivity index (χ3v) is 5.29. The zero-order chi connectivity index (χ0) is 21.4. The molecule has 8 heteroatoms. The van der Waals surface area contributed by atoms with E-state index in [-0.39, 0.29) is 29.4 Å². The number of thioether (sulfide) groups is 1. The number of hydrogen-bond donors (Lipinski definition) is 3. The predicted molar refractivity (Wildman–Crippen MR) is 112 cm³/mol. The lowest BCUT2D eigenvalue weighted by molar-refractivity contribution is -0.123. The summed E-state index contributed by atoms with van der Waals surface area (Å²) in [4.78, 5) is 36.0. The highest BCUT2D eigenvalue weighted by molar-refractivity contribution is 8.00. The molecule has 2 rings (SSSR count). The Morgan fingerprint density at radius 2 is 1.69 bits per heavy atom. The second kappa shape index (κ2) is 10.6. The zero-order valence-electron chi connectivity index (χ0n) is 16.3. The summed E-state index contributed by atoms with van der Waals surface area (Å²) in [6.07, 6.45) is 0.321. The van der Waals surface area contributed by atoms with Crippen LogP contribution in [0.25, 0.3) is 0 Å². The molecule has 0 saturated carbocycles. The quantitative estimate of drug-likeness (QED) is 0.546. The van der Waals surface area contributed by atoms with E-state index in [1.54, 1.807) is 31.2 Å². The van der Waals surface area contributed by atoms with Gasteiger partial charge in [0, 0.05) is 24.1 Å². The number of amides is 3. The molecule has 2 atom stereocenters. The molecule has 0 aliphatic carbocycles. The van der Waals surface area contributed by atoms with Crippen LogP contribution in [0.15, 0.2) is 53.4 Å². The molecule has 0 spiro atoms. The predicted octanol–water partition coefficient (Wildman–Crippen LogP) is 2.73. The lowest BCUT2D eigenvalue weighted by Crippen LogP contribution is -2.40. The molecule has 0 heterocycles. The van der Waals surface area contributed by atoms with Crippen LogP contribution in [0.3, 0.4) is 0 Å². The molecule has 6 nitrogen and oxygen atoms in total. The van der Waals surface area contributed by atoms with Gasteiger partial charge in [0.15, 0.2) is 0 Å². The standard InChI is InChI=1S/C21H24FN3O3S/c1-13(29-19-9-7-18(8-10-19)25-14(2)26)21(28)24-12-16(20(23)27)11-15-3-5-17(22)6-4-15/h3-10,13,16H,11-12H2,1-2H3,(H2,23,27)(H,24,28)(H,25,26). The fourth-order valence-corrected chi connectivity index (χ4v) is 3.52. The van der Waals surface area contributed by atoms with Gasteiger partial charge in [-0.25, -0.2) is 4.39 Å². The Bertz CT molecular complexity index is 856. The molecule has 0 aromatic heterocycles. The highest BCUT2D eigenvalue weighted by Gasteiger charge is 2.20. The van der Waals surface area contributed by atoms with E-state index in [4.69, 9.17) is 5.73 Å². The number of rotatable bonds is 9. The molecular weight excluding hydrogens is 393 g/mol. The Kier molecular flexibility index (Phi) is 8.21. The number of anilines is 1. The fraction of sp³-hybridized carbons (Fsp3) is 0.286. The number of halogens is 1. The van der Waals surface area contributed by atoms with Gasteiger partial charge in [0.2, 0.25) is 17.7 Å². The van der Waals surface area contributed by atoms with Gasteiger partial charge in [-0.2, -0.15) is 0 Å². The summed E-state index contributed by atoms with van der Waals surface area (Å²) in [5.74, 6) is -1.83. The van der Waals surface area contributed by atoms with Crippen molar-refractivity contribution in [1.29, 1.82) is 0 Å². The zero-order valence-corrected chi connectivity index (χ0v) is 17.1. The summed E-state index contributed by atoms with van der Waals surface area (Å²) in [7, 11) is 0. The number of hydrogen-bond acceptors (Lipinski definition) is 4. The van der Waals surface area contributed by atoms with Gasteiger partial charge >= 0.3 is 0 Å². The van der Waals surface area contributed by atoms with E-state index in [0.29, 0.717) is 12.1 Å². The summed E-state index contributed by atoms with van der Waals surface area (Å²) in [5.41, 5.74) is 6.90. The Morgan fingerprint density at radius 3 is 2.24 bits per heavy atom. The summed E-state index contributed by atoms with van der Waals surface area (Å²) in [6, 6.07) is 13.0. The van der Waals surface area contributed by atoms with Gasteiger partial charge < -0.3 is 16.4 Å². The van der Waals surface area contributed by atoms with Crippen LogP contribution in [0.4, 0.5) is 10.1 Å². The molecule has 0 radical (unpaired) electrons. The third-order valence-electron chi connectivity index (χ3n) is 4.18. The highest BCUT2D eigenvalue weighted by Crippen LogP contribution is 2.25. The number of carbonyl (C=O) groups excluding carboxylic acids is 3. The molecule has 0 saturated heterocycles. The van der Waals surface area contributed by atoms with Crippen molar-refractivity contribution in [3.05, 3.63) is 59.9 Å². The van der Waals surface area contributed by atoms with Crippen LogP contribution < -0.4 is 16.4 Å². The molecule has 29 heavy (non-hydrogen) atoms. The Morgan fingerprint density at radius 1 is 1.07 bits per heavy atom. The van der Waals surface area contributed by atoms with E-state index >= 15 is 0 Å². The first kappa shape index (κ1) is 22.4. The second-order valence-corrected chi connectivity index (χ2v) is 8.05. The number of nitrogens with two attached hydrogens (primary N) is 1. The van der Waals surface area contributed by atoms with Crippen molar-refractivity contribution in [2.75, 3.05) is 11.9 Å². The van der Waals surface area contributed by atoms with Crippen LogP contribution in [0, 0.1) is 11.7 Å². The van der Waals surface area contributed by atoms with Crippen LogP contribution in [-0.4, -0.2) is 29.5 Å². The summed E-state index contributed by atoms with van der Waals surface area (Å²) in [5, 5.41) is 5.06. The van der Waals surface area contributed by atoms with Gasteiger partial charge in [-0.15, -0.1) is 11.8 Å². The minimum absolute atomic E-state index is 0.109. The molecule has 0 aliphatic heterocycles. The first-order valence-corrected chi connectivity index (χ1v) is 9.98. The molecular formula is C21H24FN3O3S. The lowest BCUT2D eigenvalue weighted by atomic mass is 9.98. The van der Waals surface area contributed by atoms with Gasteiger partial charge in [0.1, 0.15) is 5.82 Å². The van der Waals surface area contributed by atoms with Gasteiger partial charge in [0.25, 0.3) is 0 Å². The highest BCUT2D eigenvalue weighted by atomic mass is 32.2. The van der Waals surface area contributed by atoms with Crippen LogP contribution in [0.5, 0.6) is 0 Å². The minimum Gasteiger partial charge on any atom is -0.369 e. The molecule has 0 aliphatic rings. The van der Waals surface area contributed by atoms with Gasteiger partial charge in [-0.1, -0.05) is 12.1 Å². The molecule has 2 aromatic rings. The maximum atomic E-state index is 13.0. The maximum Gasteiger partial charge on any atom is 0.233 e. The SMILES string of the molecule is CC(=O)Nc1ccc(SC(C)C(=O)NCC(Cc2ccc(F)cc2)C(N)=O)cc1. The number of primary amides is 1. The average Bonchev–Trinajstić information content (AvgIpc) is 2.67. The molecule has 4 N–H and O–H groups in total. The van der Waals surface area contributed by atoms with E-state index < -0.39 is 11.8 Å². The van der Waals surface area contributed by atoms with Gasteiger partial charge in [0.05, 0.1) is 11.2 Å². The number of nitrogens with one attached hydrogen (secondary N) is 2. The van der Waals surface area contributed by atoms with E-state index in [9.17, 15) is 18.8 Å². The smallest absolute Gasteiger partial charge is 0.233 e. The molecule has 2 aromatic carbocycles. The summed E-state index contributed by atoms with van der Waals surface area (Å²) >= 11 is 1.36. The largest absolute Gasteiger partial charge is 0.369 e. The van der Waals surface area contributed by atoms with Crippen molar-refractivity contribution < 1.29 is 18.8 Å². The Labute approximate surface area is 173 Å². The van der Waals surface area contributed by atoms with Crippen LogP contribution in [0.2, 0.25) is 0 Å². The van der Waals surface area contributed by atoms with E-state index in [0.717, 1.165) is 10.5 Å². The first-order chi connectivity index (χ1) is 13.7. The monoisotopic (exact) mass is 417 g/mol. The second-order valence-electron chi connectivity index (χ2n) is 6.64. The van der Waals surface area contributed by atoms with Crippen molar-refractivity contribution >= 4 is 35.2 Å². The van der Waals surface area contributed by atoms with Crippen molar-refractivity contribution in [2.24, 2.45) is 11.7 Å². The molecule has 0 bridgehead atoms. The van der Waals surface area contributed by atoms with E-state index in [1.165, 1.54) is 30.8 Å². The maximum absolute atomic E-state index is 13.0. The lowest BCUT2D eigenvalue weighted by Gasteiger charge is -2.17. The van der Waals surface area contributed by atoms with Crippen molar-refractivity contribution in [2.45, 2.75) is 30.4 Å². The average molecular weight is 418 g/mol. The molecule has 0 fully saturated rings. The fourth-order valence-electron chi connectivity index (χ4n) is 2.62. The van der Waals surface area contributed by atoms with E-state index in [2.05, 4.69) is 10.6 Å². The Balaban J connectivity index is 1.87. The van der Waals surface area contributed by atoms with E-state index in [1.807, 2.05) is 12.1 Å². The van der Waals surface area contributed by atoms with Crippen molar-refractivity contribution in [3.63, 3.8) is 0 Å². The van der Waals surface area contributed by atoms with Crippen LogP contribution in [-0.2, 0) is 20.8 Å². The topological polar surface area (TPSA) is 101 Å². The van der Waals surface area contributed by atoms with Gasteiger partial charge in [-0.3, -0.25) is 14.4 Å². The Hall–Kier alpha value is -2.87. The van der Waals surface area contributed by atoms with Crippen molar-refractivity contribution in [3.8, 4) is 0 Å². The summed E-state index contributed by atoms with van der Waals surface area (Å²) < 4.78 is 13.0. The molecule has 154 valence electrons. The van der Waals surface area contributed by atoms with Crippen LogP contribution >= 0.6 is 11.8 Å².